The van der Waals surface area contributed by atoms with E-state index in [1.807, 2.05) is 0 Å². The van der Waals surface area contributed by atoms with Gasteiger partial charge in [-0.05, 0) is 32.1 Å². The summed E-state index contributed by atoms with van der Waals surface area (Å²) in [6.07, 6.45) is 6.77. The summed E-state index contributed by atoms with van der Waals surface area (Å²) >= 11 is 3.63. The molecule has 1 aliphatic carbocycles. The number of rotatable bonds is 3. The van der Waals surface area contributed by atoms with Gasteiger partial charge in [0.25, 0.3) is 0 Å². The maximum Gasteiger partial charge on any atom is 0.0576 e. The van der Waals surface area contributed by atoms with Gasteiger partial charge in [-0.25, -0.2) is 0 Å². The lowest BCUT2D eigenvalue weighted by atomic mass is 9.98. The maximum absolute atomic E-state index is 5.66. The second kappa shape index (κ2) is 5.15. The van der Waals surface area contributed by atoms with Crippen LogP contribution in [-0.2, 0) is 4.74 Å². The van der Waals surface area contributed by atoms with Gasteiger partial charge in [0, 0.05) is 11.4 Å². The molecule has 0 heterocycles. The molecule has 0 saturated heterocycles. The number of hydrogen-bond donors (Lipinski definition) is 0. The normalized spacial score (nSPS) is 32.2. The van der Waals surface area contributed by atoms with Crippen LogP contribution < -0.4 is 0 Å². The van der Waals surface area contributed by atoms with Gasteiger partial charge in [-0.3, -0.25) is 0 Å². The second-order valence-corrected chi connectivity index (χ2v) is 4.54. The zero-order chi connectivity index (χ0) is 8.10. The summed E-state index contributed by atoms with van der Waals surface area (Å²) < 4.78 is 5.66. The zero-order valence-corrected chi connectivity index (χ0v) is 8.77. The van der Waals surface area contributed by atoms with E-state index in [9.17, 15) is 0 Å². The van der Waals surface area contributed by atoms with Crippen molar-refractivity contribution in [2.75, 3.05) is 6.61 Å². The highest BCUT2D eigenvalue weighted by Crippen LogP contribution is 2.25. The minimum absolute atomic E-state index is 0.559. The molecule has 0 aliphatic heterocycles. The Morgan fingerprint density at radius 2 is 1.91 bits per heavy atom. The SMILES string of the molecule is CCCOC1CCC(Br)CC1. The Labute approximate surface area is 77.6 Å². The minimum atomic E-state index is 0.559. The smallest absolute Gasteiger partial charge is 0.0576 e. The molecular weight excluding hydrogens is 204 g/mol. The molecule has 11 heavy (non-hydrogen) atoms. The molecule has 0 aromatic carbocycles. The van der Waals surface area contributed by atoms with Crippen LogP contribution in [0.4, 0.5) is 0 Å². The van der Waals surface area contributed by atoms with Crippen LogP contribution in [0.5, 0.6) is 0 Å². The maximum atomic E-state index is 5.66. The van der Waals surface area contributed by atoms with Crippen molar-refractivity contribution in [3.8, 4) is 0 Å². The van der Waals surface area contributed by atoms with Gasteiger partial charge in [-0.1, -0.05) is 22.9 Å². The minimum Gasteiger partial charge on any atom is -0.378 e. The molecule has 66 valence electrons. The van der Waals surface area contributed by atoms with Crippen molar-refractivity contribution < 1.29 is 4.74 Å². The van der Waals surface area contributed by atoms with Crippen molar-refractivity contribution in [3.05, 3.63) is 0 Å². The summed E-state index contributed by atoms with van der Waals surface area (Å²) in [6, 6.07) is 0. The number of halogens is 1. The van der Waals surface area contributed by atoms with Gasteiger partial charge in [-0.15, -0.1) is 0 Å². The van der Waals surface area contributed by atoms with Gasteiger partial charge in [0.05, 0.1) is 6.10 Å². The second-order valence-electron chi connectivity index (χ2n) is 3.24. The Morgan fingerprint density at radius 3 is 2.45 bits per heavy atom. The van der Waals surface area contributed by atoms with E-state index in [4.69, 9.17) is 4.74 Å². The first-order chi connectivity index (χ1) is 5.33. The topological polar surface area (TPSA) is 9.23 Å². The van der Waals surface area contributed by atoms with Crippen LogP contribution in [-0.4, -0.2) is 17.5 Å². The highest BCUT2D eigenvalue weighted by Gasteiger charge is 2.18. The molecule has 0 spiro atoms. The molecule has 0 amide bonds. The first-order valence-corrected chi connectivity index (χ1v) is 5.50. The average Bonchev–Trinajstić information content (AvgIpc) is 2.04. The Kier molecular flexibility index (Phi) is 4.46. The fraction of sp³-hybridized carbons (Fsp3) is 1.00. The van der Waals surface area contributed by atoms with Crippen LogP contribution in [0, 0.1) is 0 Å². The molecular formula is C9H17BrO. The Bertz CT molecular complexity index is 95.0. The summed E-state index contributed by atoms with van der Waals surface area (Å²) in [4.78, 5) is 0.754. The van der Waals surface area contributed by atoms with Gasteiger partial charge in [0.15, 0.2) is 0 Å². The molecule has 2 heteroatoms. The highest BCUT2D eigenvalue weighted by atomic mass is 79.9. The molecule has 1 rings (SSSR count). The average molecular weight is 221 g/mol. The molecule has 0 bridgehead atoms. The van der Waals surface area contributed by atoms with Gasteiger partial charge >= 0.3 is 0 Å². The molecule has 1 aliphatic rings. The van der Waals surface area contributed by atoms with E-state index in [2.05, 4.69) is 22.9 Å². The fourth-order valence-corrected chi connectivity index (χ4v) is 2.00. The predicted octanol–water partition coefficient (Wildman–Crippen LogP) is 3.12. The van der Waals surface area contributed by atoms with Gasteiger partial charge in [0.1, 0.15) is 0 Å². The lowest BCUT2D eigenvalue weighted by Crippen LogP contribution is -2.21. The first kappa shape index (κ1) is 9.53. The molecule has 0 radical (unpaired) electrons. The predicted molar refractivity (Wildman–Crippen MR) is 51.2 cm³/mol. The van der Waals surface area contributed by atoms with Crippen LogP contribution in [0.3, 0.4) is 0 Å². The van der Waals surface area contributed by atoms with Crippen LogP contribution in [0.1, 0.15) is 39.0 Å². The molecule has 0 atom stereocenters. The molecule has 1 saturated carbocycles. The van der Waals surface area contributed by atoms with E-state index >= 15 is 0 Å². The Balaban J connectivity index is 2.07. The molecule has 0 unspecified atom stereocenters. The molecule has 0 N–H and O–H groups in total. The lowest BCUT2D eigenvalue weighted by molar-refractivity contribution is 0.0303. The molecule has 0 aromatic heterocycles. The molecule has 1 fully saturated rings. The third-order valence-electron chi connectivity index (χ3n) is 2.16. The van der Waals surface area contributed by atoms with E-state index in [0.717, 1.165) is 17.9 Å². The van der Waals surface area contributed by atoms with Crippen LogP contribution in [0.25, 0.3) is 0 Å². The first-order valence-electron chi connectivity index (χ1n) is 4.58. The zero-order valence-electron chi connectivity index (χ0n) is 7.18. The van der Waals surface area contributed by atoms with E-state index in [-0.39, 0.29) is 0 Å². The van der Waals surface area contributed by atoms with Crippen LogP contribution in [0.15, 0.2) is 0 Å². The summed E-state index contributed by atoms with van der Waals surface area (Å²) in [5, 5.41) is 0. The third-order valence-corrected chi connectivity index (χ3v) is 3.08. The van der Waals surface area contributed by atoms with Crippen molar-refractivity contribution in [1.82, 2.24) is 0 Å². The lowest BCUT2D eigenvalue weighted by Gasteiger charge is -2.25. The van der Waals surface area contributed by atoms with Crippen molar-refractivity contribution in [2.24, 2.45) is 0 Å². The van der Waals surface area contributed by atoms with Gasteiger partial charge < -0.3 is 4.74 Å². The molecule has 1 nitrogen and oxygen atoms in total. The van der Waals surface area contributed by atoms with Crippen LogP contribution in [0.2, 0.25) is 0 Å². The molecule has 0 aromatic rings. The standard InChI is InChI=1S/C9H17BrO/c1-2-7-11-9-5-3-8(10)4-6-9/h8-9H,2-7H2,1H3. The van der Waals surface area contributed by atoms with Gasteiger partial charge in [0.2, 0.25) is 0 Å². The van der Waals surface area contributed by atoms with Crippen molar-refractivity contribution in [1.29, 1.82) is 0 Å². The number of alkyl halides is 1. The number of hydrogen-bond acceptors (Lipinski definition) is 1. The van der Waals surface area contributed by atoms with E-state index in [1.54, 1.807) is 0 Å². The van der Waals surface area contributed by atoms with Crippen molar-refractivity contribution in [3.63, 3.8) is 0 Å². The van der Waals surface area contributed by atoms with Crippen molar-refractivity contribution in [2.45, 2.75) is 50.0 Å². The highest BCUT2D eigenvalue weighted by molar-refractivity contribution is 9.09. The Morgan fingerprint density at radius 1 is 1.27 bits per heavy atom. The summed E-state index contributed by atoms with van der Waals surface area (Å²) in [7, 11) is 0. The quantitative estimate of drug-likeness (QED) is 0.665. The van der Waals surface area contributed by atoms with E-state index in [0.29, 0.717) is 6.10 Å². The summed E-state index contributed by atoms with van der Waals surface area (Å²) in [5.74, 6) is 0. The Hall–Kier alpha value is 0.440. The van der Waals surface area contributed by atoms with Crippen molar-refractivity contribution >= 4 is 15.9 Å². The summed E-state index contributed by atoms with van der Waals surface area (Å²) in [6.45, 7) is 3.10. The van der Waals surface area contributed by atoms with E-state index < -0.39 is 0 Å². The largest absolute Gasteiger partial charge is 0.378 e. The van der Waals surface area contributed by atoms with Crippen LogP contribution >= 0.6 is 15.9 Å². The number of ether oxygens (including phenoxy) is 1. The van der Waals surface area contributed by atoms with E-state index in [1.165, 1.54) is 25.7 Å². The fourth-order valence-electron chi connectivity index (χ4n) is 1.47. The third kappa shape index (κ3) is 3.57. The van der Waals surface area contributed by atoms with Gasteiger partial charge in [-0.2, -0.15) is 0 Å². The summed E-state index contributed by atoms with van der Waals surface area (Å²) in [5.41, 5.74) is 0. The monoisotopic (exact) mass is 220 g/mol.